The molecule has 0 bridgehead atoms. The lowest BCUT2D eigenvalue weighted by molar-refractivity contribution is -0.156. The van der Waals surface area contributed by atoms with Gasteiger partial charge < -0.3 is 20.1 Å². The Bertz CT molecular complexity index is 923. The number of amides is 2. The Hall–Kier alpha value is -2.67. The van der Waals surface area contributed by atoms with Crippen LogP contribution in [0.15, 0.2) is 30.4 Å². The summed E-state index contributed by atoms with van der Waals surface area (Å²) in [6, 6.07) is 4.50. The van der Waals surface area contributed by atoms with Crippen molar-refractivity contribution in [2.75, 3.05) is 18.5 Å². The number of nitrogens with zero attached hydrogens (tertiary/aromatic N) is 1. The van der Waals surface area contributed by atoms with Crippen molar-refractivity contribution in [1.29, 1.82) is 0 Å². The number of hydrogen-bond donors (Lipinski definition) is 2. The molecule has 0 radical (unpaired) electrons. The van der Waals surface area contributed by atoms with E-state index in [-0.39, 0.29) is 30.9 Å². The van der Waals surface area contributed by atoms with Crippen LogP contribution in [0.1, 0.15) is 44.7 Å². The average molecular weight is 457 g/mol. The Labute approximate surface area is 196 Å². The number of aryl methyl sites for hydroxylation is 2. The first-order chi connectivity index (χ1) is 15.8. The number of esters is 1. The Morgan fingerprint density at radius 3 is 2.52 bits per heavy atom. The molecule has 6 atom stereocenters. The Balaban J connectivity index is 2.04. The summed E-state index contributed by atoms with van der Waals surface area (Å²) in [5, 5.41) is 13.0. The molecule has 1 saturated heterocycles. The lowest BCUT2D eigenvalue weighted by atomic mass is 9.69. The second kappa shape index (κ2) is 10.5. The number of aliphatic hydroxyl groups is 1. The van der Waals surface area contributed by atoms with Gasteiger partial charge in [0.2, 0.25) is 11.8 Å². The van der Waals surface area contributed by atoms with Gasteiger partial charge in [-0.3, -0.25) is 14.4 Å². The Kier molecular flexibility index (Phi) is 7.95. The third-order valence-electron chi connectivity index (χ3n) is 7.07. The van der Waals surface area contributed by atoms with E-state index in [0.717, 1.165) is 11.1 Å². The molecule has 1 aliphatic carbocycles. The molecular formula is C26H36N2O5. The molecule has 0 saturated carbocycles. The average Bonchev–Trinajstić information content (AvgIpc) is 3.09. The number of nitrogens with one attached hydrogen (secondary N) is 1. The third kappa shape index (κ3) is 4.69. The van der Waals surface area contributed by atoms with Crippen LogP contribution < -0.4 is 5.32 Å². The van der Waals surface area contributed by atoms with Crippen molar-refractivity contribution < 1.29 is 24.2 Å². The van der Waals surface area contributed by atoms with Gasteiger partial charge in [-0.2, -0.15) is 0 Å². The molecule has 1 aliphatic heterocycles. The first-order valence-corrected chi connectivity index (χ1v) is 11.9. The molecular weight excluding hydrogens is 420 g/mol. The van der Waals surface area contributed by atoms with E-state index in [1.807, 2.05) is 58.0 Å². The van der Waals surface area contributed by atoms with E-state index in [2.05, 4.69) is 5.32 Å². The minimum Gasteiger partial charge on any atom is -0.466 e. The molecule has 2 aliphatic rings. The summed E-state index contributed by atoms with van der Waals surface area (Å²) < 4.78 is 5.35. The number of ether oxygens (including phenoxy) is 1. The van der Waals surface area contributed by atoms with E-state index in [1.165, 1.54) is 4.90 Å². The first-order valence-electron chi connectivity index (χ1n) is 11.9. The summed E-state index contributed by atoms with van der Waals surface area (Å²) in [5.41, 5.74) is 2.63. The van der Waals surface area contributed by atoms with Crippen molar-refractivity contribution in [3.63, 3.8) is 0 Å². The second-order valence-corrected chi connectivity index (χ2v) is 9.08. The van der Waals surface area contributed by atoms with Gasteiger partial charge in [-0.25, -0.2) is 0 Å². The maximum atomic E-state index is 13.8. The van der Waals surface area contributed by atoms with Crippen molar-refractivity contribution in [2.24, 2.45) is 23.7 Å². The molecule has 7 nitrogen and oxygen atoms in total. The number of hydrogen-bond acceptors (Lipinski definition) is 5. The van der Waals surface area contributed by atoms with Gasteiger partial charge in [-0.1, -0.05) is 38.1 Å². The zero-order valence-electron chi connectivity index (χ0n) is 20.2. The maximum absolute atomic E-state index is 13.8. The smallest absolute Gasteiger partial charge is 0.310 e. The monoisotopic (exact) mass is 456 g/mol. The second-order valence-electron chi connectivity index (χ2n) is 9.08. The number of benzene rings is 1. The van der Waals surface area contributed by atoms with Crippen molar-refractivity contribution in [1.82, 2.24) is 4.90 Å². The Morgan fingerprint density at radius 1 is 1.18 bits per heavy atom. The molecule has 1 aromatic rings. The zero-order chi connectivity index (χ0) is 24.3. The highest BCUT2D eigenvalue weighted by Gasteiger charge is 2.58. The summed E-state index contributed by atoms with van der Waals surface area (Å²) in [5.74, 6) is -2.90. The first kappa shape index (κ1) is 25.0. The van der Waals surface area contributed by atoms with Crippen molar-refractivity contribution >= 4 is 23.5 Å². The predicted molar refractivity (Wildman–Crippen MR) is 126 cm³/mol. The number of rotatable bonds is 8. The quantitative estimate of drug-likeness (QED) is 0.463. The summed E-state index contributed by atoms with van der Waals surface area (Å²) in [7, 11) is 0. The summed E-state index contributed by atoms with van der Waals surface area (Å²) in [6.07, 6.45) is 5.06. The molecule has 1 fully saturated rings. The molecule has 7 heteroatoms. The van der Waals surface area contributed by atoms with Crippen molar-refractivity contribution in [2.45, 2.75) is 59.5 Å². The normalized spacial score (nSPS) is 27.3. The topological polar surface area (TPSA) is 95.9 Å². The van der Waals surface area contributed by atoms with Crippen LogP contribution in [0.3, 0.4) is 0 Å². The summed E-state index contributed by atoms with van der Waals surface area (Å²) in [6.45, 7) is 9.46. The molecule has 3 rings (SSSR count). The standard InChI is InChI=1S/C26H36N2O5/c1-6-17-11-12-19-22(21(17)26(32)33-8-3)25(31)28(18(7-2)14-29)23(19)24(30)27-20-13-15(4)9-10-16(20)5/h9-13,17-19,21-23,29H,6-8,14H2,1-5H3,(H,27,30)/t17-,18+,19+,21-,22+,23+/m1/s1. The van der Waals surface area contributed by atoms with E-state index in [1.54, 1.807) is 6.92 Å². The van der Waals surface area contributed by atoms with Crippen molar-refractivity contribution in [3.05, 3.63) is 41.5 Å². The van der Waals surface area contributed by atoms with Crippen LogP contribution in [-0.2, 0) is 19.1 Å². The third-order valence-corrected chi connectivity index (χ3v) is 7.07. The van der Waals surface area contributed by atoms with Gasteiger partial charge in [0.25, 0.3) is 0 Å². The fourth-order valence-corrected chi connectivity index (χ4v) is 5.28. The molecule has 2 amide bonds. The molecule has 0 unspecified atom stereocenters. The number of aliphatic hydroxyl groups excluding tert-OH is 1. The van der Waals surface area contributed by atoms with Crippen LogP contribution in [0.4, 0.5) is 5.69 Å². The zero-order valence-corrected chi connectivity index (χ0v) is 20.2. The fraction of sp³-hybridized carbons (Fsp3) is 0.577. The fourth-order valence-electron chi connectivity index (χ4n) is 5.28. The van der Waals surface area contributed by atoms with Crippen LogP contribution in [0.25, 0.3) is 0 Å². The highest BCUT2D eigenvalue weighted by atomic mass is 16.5. The number of likely N-dealkylation sites (tertiary alicyclic amines) is 1. The van der Waals surface area contributed by atoms with Gasteiger partial charge in [0, 0.05) is 11.6 Å². The minimum absolute atomic E-state index is 0.133. The summed E-state index contributed by atoms with van der Waals surface area (Å²) >= 11 is 0. The largest absolute Gasteiger partial charge is 0.466 e. The lowest BCUT2D eigenvalue weighted by Crippen LogP contribution is -2.50. The van der Waals surface area contributed by atoms with Crippen molar-refractivity contribution in [3.8, 4) is 0 Å². The van der Waals surface area contributed by atoms with E-state index in [4.69, 9.17) is 4.74 Å². The van der Waals surface area contributed by atoms with E-state index in [0.29, 0.717) is 18.5 Å². The van der Waals surface area contributed by atoms with E-state index >= 15 is 0 Å². The van der Waals surface area contributed by atoms with Gasteiger partial charge in [-0.15, -0.1) is 0 Å². The molecule has 2 N–H and O–H groups in total. The van der Waals surface area contributed by atoms with Crippen LogP contribution in [-0.4, -0.2) is 53.1 Å². The lowest BCUT2D eigenvalue weighted by Gasteiger charge is -2.33. The van der Waals surface area contributed by atoms with Gasteiger partial charge in [0.05, 0.1) is 31.1 Å². The predicted octanol–water partition coefficient (Wildman–Crippen LogP) is 3.23. The molecule has 0 spiro atoms. The molecule has 1 heterocycles. The van der Waals surface area contributed by atoms with Crippen LogP contribution >= 0.6 is 0 Å². The maximum Gasteiger partial charge on any atom is 0.310 e. The number of allylic oxidation sites excluding steroid dienone is 1. The highest BCUT2D eigenvalue weighted by molar-refractivity contribution is 6.02. The molecule has 180 valence electrons. The van der Waals surface area contributed by atoms with E-state index < -0.39 is 35.8 Å². The molecule has 1 aromatic carbocycles. The number of anilines is 1. The van der Waals surface area contributed by atoms with Crippen LogP contribution in [0.2, 0.25) is 0 Å². The van der Waals surface area contributed by atoms with E-state index in [9.17, 15) is 19.5 Å². The summed E-state index contributed by atoms with van der Waals surface area (Å²) in [4.78, 5) is 41.9. The van der Waals surface area contributed by atoms with Crippen LogP contribution in [0.5, 0.6) is 0 Å². The molecule has 33 heavy (non-hydrogen) atoms. The van der Waals surface area contributed by atoms with Gasteiger partial charge in [-0.05, 0) is 56.7 Å². The minimum atomic E-state index is -0.814. The van der Waals surface area contributed by atoms with Gasteiger partial charge >= 0.3 is 5.97 Å². The highest BCUT2D eigenvalue weighted by Crippen LogP contribution is 2.46. The Morgan fingerprint density at radius 2 is 1.91 bits per heavy atom. The number of fused-ring (bicyclic) bond motifs is 1. The SMILES string of the molecule is CCOC(=O)[C@H]1[C@H]2C(=O)N([C@@H](CC)CO)[C@H](C(=O)Nc3cc(C)ccc3C)[C@H]2C=C[C@H]1CC. The van der Waals surface area contributed by atoms with Gasteiger partial charge in [0.15, 0.2) is 0 Å². The molecule has 0 aromatic heterocycles. The number of carbonyl (C=O) groups is 3. The van der Waals surface area contributed by atoms with Crippen LogP contribution in [0, 0.1) is 37.5 Å². The number of carbonyl (C=O) groups excluding carboxylic acids is 3. The van der Waals surface area contributed by atoms with Gasteiger partial charge in [0.1, 0.15) is 6.04 Å².